The Bertz CT molecular complexity index is 1390. The molecule has 2 heterocycles. The summed E-state index contributed by atoms with van der Waals surface area (Å²) in [4.78, 5) is 27.6. The van der Waals surface area contributed by atoms with Gasteiger partial charge < -0.3 is 14.2 Å². The molecule has 0 saturated heterocycles. The Kier molecular flexibility index (Phi) is 6.63. The minimum absolute atomic E-state index is 0.00427. The standard InChI is InChI=1S/C26H21Cl3N2O3/c1-14-11-17(15(2)30(14)22-13-19(28)7-10-21(22)29)12-23-25(32)24(26(33)34-4)16(3)31(23)20-8-5-18(27)6-9-20/h5-13H,1-4H3/b23-12-. The normalized spacial score (nSPS) is 15.0. The molecule has 174 valence electrons. The Morgan fingerprint density at radius 3 is 2.24 bits per heavy atom. The fourth-order valence-electron chi connectivity index (χ4n) is 4.19. The minimum Gasteiger partial charge on any atom is -0.465 e. The van der Waals surface area contributed by atoms with Crippen molar-refractivity contribution < 1.29 is 14.3 Å². The van der Waals surface area contributed by atoms with E-state index in [4.69, 9.17) is 39.5 Å². The van der Waals surface area contributed by atoms with Crippen LogP contribution in [0.15, 0.2) is 65.5 Å². The van der Waals surface area contributed by atoms with Crippen LogP contribution in [0.4, 0.5) is 5.69 Å². The number of ether oxygens (including phenoxy) is 1. The first kappa shape index (κ1) is 24.1. The summed E-state index contributed by atoms with van der Waals surface area (Å²) in [7, 11) is 1.26. The molecule has 0 fully saturated rings. The Hall–Kier alpha value is -2.99. The summed E-state index contributed by atoms with van der Waals surface area (Å²) in [6, 6.07) is 14.3. The highest BCUT2D eigenvalue weighted by Crippen LogP contribution is 2.37. The summed E-state index contributed by atoms with van der Waals surface area (Å²) in [5.74, 6) is -1.09. The fraction of sp³-hybridized carbons (Fsp3) is 0.154. The Morgan fingerprint density at radius 2 is 1.59 bits per heavy atom. The van der Waals surface area contributed by atoms with Crippen molar-refractivity contribution in [2.45, 2.75) is 20.8 Å². The molecule has 3 aromatic rings. The second kappa shape index (κ2) is 9.34. The van der Waals surface area contributed by atoms with Crippen LogP contribution in [0, 0.1) is 13.8 Å². The smallest absolute Gasteiger partial charge is 0.343 e. The SMILES string of the molecule is COC(=O)C1=C(C)N(c2ccc(Cl)cc2)/C(=C\c2cc(C)n(-c3cc(Cl)ccc3Cl)c2C)C1=O. The number of methoxy groups -OCH3 is 1. The summed E-state index contributed by atoms with van der Waals surface area (Å²) in [6.07, 6.45) is 1.77. The third-order valence-corrected chi connectivity index (χ3v) is 6.59. The Balaban J connectivity index is 1.89. The molecule has 34 heavy (non-hydrogen) atoms. The first-order valence-electron chi connectivity index (χ1n) is 10.4. The van der Waals surface area contributed by atoms with Crippen LogP contribution in [0.3, 0.4) is 0 Å². The van der Waals surface area contributed by atoms with Crippen molar-refractivity contribution in [3.8, 4) is 5.69 Å². The van der Waals surface area contributed by atoms with Gasteiger partial charge in [-0.1, -0.05) is 34.8 Å². The summed E-state index contributed by atoms with van der Waals surface area (Å²) in [5, 5.41) is 1.68. The number of aryl methyl sites for hydroxylation is 1. The molecule has 0 saturated carbocycles. The van der Waals surface area contributed by atoms with E-state index in [1.807, 2.05) is 24.5 Å². The highest BCUT2D eigenvalue weighted by molar-refractivity contribution is 6.34. The Labute approximate surface area is 212 Å². The van der Waals surface area contributed by atoms with Crippen molar-refractivity contribution in [1.29, 1.82) is 0 Å². The zero-order valence-corrected chi connectivity index (χ0v) is 21.2. The molecule has 0 radical (unpaired) electrons. The van der Waals surface area contributed by atoms with E-state index >= 15 is 0 Å². The van der Waals surface area contributed by atoms with Gasteiger partial charge in [-0.2, -0.15) is 0 Å². The molecule has 0 atom stereocenters. The van der Waals surface area contributed by atoms with Gasteiger partial charge in [0, 0.05) is 32.8 Å². The number of nitrogens with zero attached hydrogens (tertiary/aromatic N) is 2. The minimum atomic E-state index is -0.680. The van der Waals surface area contributed by atoms with E-state index < -0.39 is 11.8 Å². The number of Topliss-reactive ketones (excluding diaryl/α,β-unsaturated/α-hetero) is 1. The summed E-state index contributed by atoms with van der Waals surface area (Å²) < 4.78 is 6.86. The number of aromatic nitrogens is 1. The molecule has 0 amide bonds. The number of carbonyl (C=O) groups is 2. The second-order valence-corrected chi connectivity index (χ2v) is 9.16. The lowest BCUT2D eigenvalue weighted by molar-refractivity contribution is -0.137. The summed E-state index contributed by atoms with van der Waals surface area (Å²) >= 11 is 18.7. The molecule has 5 nitrogen and oxygen atoms in total. The van der Waals surface area contributed by atoms with Crippen molar-refractivity contribution >= 4 is 58.3 Å². The third kappa shape index (κ3) is 4.16. The van der Waals surface area contributed by atoms with Crippen LogP contribution in [-0.2, 0) is 14.3 Å². The van der Waals surface area contributed by atoms with Gasteiger partial charge in [-0.15, -0.1) is 0 Å². The van der Waals surface area contributed by atoms with Crippen molar-refractivity contribution in [3.63, 3.8) is 0 Å². The number of ketones is 1. The van der Waals surface area contributed by atoms with Crippen LogP contribution < -0.4 is 4.90 Å². The van der Waals surface area contributed by atoms with Gasteiger partial charge in [0.2, 0.25) is 5.78 Å². The van der Waals surface area contributed by atoms with Gasteiger partial charge in [0.1, 0.15) is 5.57 Å². The maximum absolute atomic E-state index is 13.4. The molecule has 0 aliphatic carbocycles. The van der Waals surface area contributed by atoms with Gasteiger partial charge in [0.05, 0.1) is 23.5 Å². The zero-order chi connectivity index (χ0) is 24.7. The molecule has 1 aromatic heterocycles. The van der Waals surface area contributed by atoms with E-state index in [0.29, 0.717) is 32.1 Å². The lowest BCUT2D eigenvalue weighted by Gasteiger charge is -2.21. The number of hydrogen-bond donors (Lipinski definition) is 0. The van der Waals surface area contributed by atoms with Crippen LogP contribution in [0.5, 0.6) is 0 Å². The molecule has 8 heteroatoms. The number of rotatable bonds is 4. The molecular formula is C26H21Cl3N2O3. The largest absolute Gasteiger partial charge is 0.465 e. The molecule has 1 aliphatic rings. The van der Waals surface area contributed by atoms with Gasteiger partial charge >= 0.3 is 5.97 Å². The van der Waals surface area contributed by atoms with Gasteiger partial charge in [0.25, 0.3) is 0 Å². The molecule has 0 bridgehead atoms. The maximum atomic E-state index is 13.4. The molecule has 0 spiro atoms. The zero-order valence-electron chi connectivity index (χ0n) is 18.9. The molecule has 1 aliphatic heterocycles. The highest BCUT2D eigenvalue weighted by Gasteiger charge is 2.38. The number of carbonyl (C=O) groups excluding carboxylic acids is 2. The predicted octanol–water partition coefficient (Wildman–Crippen LogP) is 6.93. The van der Waals surface area contributed by atoms with E-state index in [9.17, 15) is 9.59 Å². The van der Waals surface area contributed by atoms with Crippen molar-refractivity contribution in [2.24, 2.45) is 0 Å². The van der Waals surface area contributed by atoms with Crippen molar-refractivity contribution in [1.82, 2.24) is 4.57 Å². The summed E-state index contributed by atoms with van der Waals surface area (Å²) in [5.41, 5.74) is 4.83. The van der Waals surface area contributed by atoms with Crippen molar-refractivity contribution in [3.05, 3.63) is 97.5 Å². The van der Waals surface area contributed by atoms with Gasteiger partial charge in [0.15, 0.2) is 0 Å². The molecule has 0 N–H and O–H groups in total. The molecule has 2 aromatic carbocycles. The lowest BCUT2D eigenvalue weighted by Crippen LogP contribution is -2.18. The average Bonchev–Trinajstić information content (AvgIpc) is 3.21. The van der Waals surface area contributed by atoms with Crippen LogP contribution in [0.25, 0.3) is 11.8 Å². The summed E-state index contributed by atoms with van der Waals surface area (Å²) in [6.45, 7) is 5.60. The van der Waals surface area contributed by atoms with Crippen molar-refractivity contribution in [2.75, 3.05) is 12.0 Å². The van der Waals surface area contributed by atoms with E-state index in [-0.39, 0.29) is 5.57 Å². The number of allylic oxidation sites excluding steroid dienone is 2. The predicted molar refractivity (Wildman–Crippen MR) is 137 cm³/mol. The van der Waals surface area contributed by atoms with Gasteiger partial charge in [-0.3, -0.25) is 4.79 Å². The first-order valence-corrected chi connectivity index (χ1v) is 11.5. The van der Waals surface area contributed by atoms with Crippen LogP contribution >= 0.6 is 34.8 Å². The topological polar surface area (TPSA) is 51.5 Å². The molecular weight excluding hydrogens is 495 g/mol. The van der Waals surface area contributed by atoms with E-state index in [2.05, 4.69) is 0 Å². The molecule has 4 rings (SSSR count). The number of hydrogen-bond acceptors (Lipinski definition) is 4. The molecule has 0 unspecified atom stereocenters. The van der Waals surface area contributed by atoms with E-state index in [1.165, 1.54) is 7.11 Å². The Morgan fingerprint density at radius 1 is 0.941 bits per heavy atom. The number of esters is 1. The van der Waals surface area contributed by atoms with Crippen LogP contribution in [0.2, 0.25) is 15.1 Å². The van der Waals surface area contributed by atoms with Gasteiger partial charge in [-0.05, 0) is 80.9 Å². The third-order valence-electron chi connectivity index (χ3n) is 5.78. The fourth-order valence-corrected chi connectivity index (χ4v) is 4.69. The second-order valence-electron chi connectivity index (χ2n) is 7.88. The van der Waals surface area contributed by atoms with Crippen LogP contribution in [-0.4, -0.2) is 23.4 Å². The lowest BCUT2D eigenvalue weighted by atomic mass is 10.1. The average molecular weight is 516 g/mol. The van der Waals surface area contributed by atoms with Gasteiger partial charge in [-0.25, -0.2) is 4.79 Å². The quantitative estimate of drug-likeness (QED) is 0.215. The number of halogens is 3. The number of anilines is 1. The first-order chi connectivity index (χ1) is 16.1. The monoisotopic (exact) mass is 514 g/mol. The van der Waals surface area contributed by atoms with Crippen LogP contribution in [0.1, 0.15) is 23.9 Å². The maximum Gasteiger partial charge on any atom is 0.343 e. The number of benzene rings is 2. The van der Waals surface area contributed by atoms with E-state index in [1.54, 1.807) is 60.4 Å². The van der Waals surface area contributed by atoms with E-state index in [0.717, 1.165) is 22.6 Å². The highest BCUT2D eigenvalue weighted by atomic mass is 35.5.